The molecule has 7 heterocycles. The highest BCUT2D eigenvalue weighted by Crippen LogP contribution is 2.35. The first-order valence-electron chi connectivity index (χ1n) is 23.7. The maximum atomic E-state index is 13.2. The number of hydrogen-bond acceptors (Lipinski definition) is 10. The molecule has 346 valence electrons. The van der Waals surface area contributed by atoms with Gasteiger partial charge < -0.3 is 30.5 Å². The van der Waals surface area contributed by atoms with Crippen molar-refractivity contribution >= 4 is 41.4 Å². The van der Waals surface area contributed by atoms with E-state index in [0.29, 0.717) is 40.0 Å². The predicted molar refractivity (Wildman–Crippen MR) is 247 cm³/mol. The van der Waals surface area contributed by atoms with E-state index in [4.69, 9.17) is 10.5 Å². The number of aromatic nitrogens is 2. The molecule has 16 nitrogen and oxygen atoms in total. The summed E-state index contributed by atoms with van der Waals surface area (Å²) in [6.45, 7) is 8.26. The molecule has 4 fully saturated rings. The van der Waals surface area contributed by atoms with Gasteiger partial charge in [0.2, 0.25) is 11.8 Å². The number of primary amides is 1. The van der Waals surface area contributed by atoms with E-state index < -0.39 is 29.7 Å². The highest BCUT2D eigenvalue weighted by atomic mass is 16.5. The number of piperidine rings is 4. The number of hydrogen-bond donors (Lipinski definition) is 3. The number of para-hydroxylation sites is 1. The zero-order valence-electron chi connectivity index (χ0n) is 37.4. The minimum atomic E-state index is -0.936. The third kappa shape index (κ3) is 9.69. The van der Waals surface area contributed by atoms with Crippen LogP contribution in [0.2, 0.25) is 0 Å². The zero-order chi connectivity index (χ0) is 45.7. The molecular formula is C50H59N9O7. The van der Waals surface area contributed by atoms with Gasteiger partial charge in [-0.3, -0.25) is 34.2 Å². The lowest BCUT2D eigenvalue weighted by Crippen LogP contribution is -2.54. The van der Waals surface area contributed by atoms with Crippen LogP contribution < -0.4 is 21.1 Å². The molecule has 1 unspecified atom stereocenters. The zero-order valence-corrected chi connectivity index (χ0v) is 37.4. The van der Waals surface area contributed by atoms with Crippen molar-refractivity contribution in [2.75, 3.05) is 57.7 Å². The van der Waals surface area contributed by atoms with Crippen LogP contribution >= 0.6 is 0 Å². The molecule has 1 atom stereocenters. The van der Waals surface area contributed by atoms with Crippen LogP contribution in [0, 0.1) is 5.92 Å². The number of nitrogens with zero attached hydrogens (tertiary/aromatic N) is 6. The summed E-state index contributed by atoms with van der Waals surface area (Å²) in [5.41, 5.74) is 9.24. The highest BCUT2D eigenvalue weighted by molar-refractivity contribution is 6.23. The molecule has 0 saturated carbocycles. The molecule has 4 aromatic rings. The van der Waals surface area contributed by atoms with Gasteiger partial charge in [-0.15, -0.1) is 0 Å². The van der Waals surface area contributed by atoms with Crippen molar-refractivity contribution in [3.8, 4) is 22.8 Å². The number of urea groups is 1. The summed E-state index contributed by atoms with van der Waals surface area (Å²) in [5.74, 6) is 0.867. The average Bonchev–Trinajstić information content (AvgIpc) is 3.86. The number of rotatable bonds is 9. The number of fused-ring (bicyclic) bond motifs is 2. The SMILES string of the molecule is NC(=O)c1c(-c2ccc(Oc3ccccc3)cc2)nn2c1NCCC2.O=C1CCC(N2C(=O)c3ccc(C4CCN(CCC5CCN(C(=O)N6CCCCC6)CC5)CC4)cc3C2=O)C(=O)N1. The van der Waals surface area contributed by atoms with Gasteiger partial charge in [0.05, 0.1) is 11.1 Å². The van der Waals surface area contributed by atoms with Gasteiger partial charge in [0.1, 0.15) is 34.6 Å². The van der Waals surface area contributed by atoms with Crippen LogP contribution in [-0.2, 0) is 16.1 Å². The van der Waals surface area contributed by atoms with Crippen molar-refractivity contribution < 1.29 is 33.5 Å². The quantitative estimate of drug-likeness (QED) is 0.162. The van der Waals surface area contributed by atoms with Crippen molar-refractivity contribution in [2.24, 2.45) is 11.7 Å². The van der Waals surface area contributed by atoms with E-state index in [-0.39, 0.29) is 24.8 Å². The van der Waals surface area contributed by atoms with Crippen LogP contribution in [0.1, 0.15) is 113 Å². The fourth-order valence-electron chi connectivity index (χ4n) is 10.3. The van der Waals surface area contributed by atoms with Gasteiger partial charge in [-0.2, -0.15) is 5.10 Å². The molecule has 7 amide bonds. The molecule has 0 aliphatic carbocycles. The van der Waals surface area contributed by atoms with E-state index in [9.17, 15) is 28.8 Å². The fourth-order valence-corrected chi connectivity index (χ4v) is 10.3. The number of ether oxygens (including phenoxy) is 1. The van der Waals surface area contributed by atoms with Crippen LogP contribution in [-0.4, -0.2) is 123 Å². The Bertz CT molecular complexity index is 2450. The van der Waals surface area contributed by atoms with Crippen LogP contribution in [0.15, 0.2) is 72.8 Å². The Morgan fingerprint density at radius 2 is 1.42 bits per heavy atom. The third-order valence-corrected chi connectivity index (χ3v) is 14.0. The summed E-state index contributed by atoms with van der Waals surface area (Å²) in [6.07, 6.45) is 10.1. The van der Waals surface area contributed by atoms with E-state index in [2.05, 4.69) is 25.5 Å². The van der Waals surface area contributed by atoms with Gasteiger partial charge in [0, 0.05) is 51.3 Å². The minimum absolute atomic E-state index is 0.116. The van der Waals surface area contributed by atoms with Crippen molar-refractivity contribution in [2.45, 2.75) is 89.1 Å². The van der Waals surface area contributed by atoms with Gasteiger partial charge >= 0.3 is 6.03 Å². The number of imide groups is 2. The maximum Gasteiger partial charge on any atom is 0.319 e. The monoisotopic (exact) mass is 897 g/mol. The van der Waals surface area contributed by atoms with E-state index in [0.717, 1.165) is 131 Å². The normalized spacial score (nSPS) is 20.5. The molecule has 16 heteroatoms. The Kier molecular flexibility index (Phi) is 13.5. The number of benzene rings is 3. The Morgan fingerprint density at radius 1 is 0.727 bits per heavy atom. The molecule has 0 bridgehead atoms. The van der Waals surface area contributed by atoms with Crippen molar-refractivity contribution in [3.63, 3.8) is 0 Å². The standard InChI is InChI=1S/C31H41N5O5.C19H18N4O2/c37-27-7-6-26(28(38)32-27)36-29(39)24-5-4-23(20-25(24)30(36)40)22-11-16-33(17-12-22)15-8-21-9-18-35(19-10-21)31(41)34-13-2-1-3-14-34;20-18(24)16-17(22-23-12-4-11-21-19(16)23)13-7-9-15(10-8-13)25-14-5-2-1-3-6-14/h4-5,20-22,26H,1-3,6-19H2,(H,32,37,38);1-3,5-10,21H,4,11-12H2,(H2,20,24). The van der Waals surface area contributed by atoms with Crippen LogP contribution in [0.4, 0.5) is 10.6 Å². The van der Waals surface area contributed by atoms with E-state index in [1.807, 2.05) is 76.3 Å². The second-order valence-corrected chi connectivity index (χ2v) is 18.3. The van der Waals surface area contributed by atoms with Crippen molar-refractivity contribution in [1.29, 1.82) is 0 Å². The van der Waals surface area contributed by atoms with Gasteiger partial charge in [-0.1, -0.05) is 24.3 Å². The fraction of sp³-hybridized carbons (Fsp3) is 0.460. The second-order valence-electron chi connectivity index (χ2n) is 18.3. The predicted octanol–water partition coefficient (Wildman–Crippen LogP) is 6.23. The number of aryl methyl sites for hydroxylation is 1. The minimum Gasteiger partial charge on any atom is -0.457 e. The maximum absolute atomic E-state index is 13.2. The molecule has 0 spiro atoms. The third-order valence-electron chi connectivity index (χ3n) is 14.0. The van der Waals surface area contributed by atoms with Crippen molar-refractivity contribution in [1.82, 2.24) is 34.7 Å². The molecule has 6 aliphatic heterocycles. The Labute approximate surface area is 384 Å². The summed E-state index contributed by atoms with van der Waals surface area (Å²) < 4.78 is 7.61. The van der Waals surface area contributed by atoms with E-state index in [1.54, 1.807) is 6.07 Å². The van der Waals surface area contributed by atoms with Gasteiger partial charge in [0.15, 0.2) is 0 Å². The summed E-state index contributed by atoms with van der Waals surface area (Å²) >= 11 is 0. The highest BCUT2D eigenvalue weighted by Gasteiger charge is 2.45. The lowest BCUT2D eigenvalue weighted by Gasteiger charge is -2.38. The van der Waals surface area contributed by atoms with Gasteiger partial charge in [-0.05, 0) is 150 Å². The first-order chi connectivity index (χ1) is 32.1. The molecule has 66 heavy (non-hydrogen) atoms. The number of anilines is 1. The molecule has 0 radical (unpaired) electrons. The molecule has 1 aromatic heterocycles. The van der Waals surface area contributed by atoms with Crippen LogP contribution in [0.3, 0.4) is 0 Å². The van der Waals surface area contributed by atoms with Gasteiger partial charge in [-0.25, -0.2) is 9.48 Å². The first kappa shape index (κ1) is 44.6. The molecule has 6 aliphatic rings. The second kappa shape index (κ2) is 19.9. The Morgan fingerprint density at radius 3 is 2.14 bits per heavy atom. The number of likely N-dealkylation sites (tertiary alicyclic amines) is 3. The molecule has 4 N–H and O–H groups in total. The summed E-state index contributed by atoms with van der Waals surface area (Å²) in [7, 11) is 0. The van der Waals surface area contributed by atoms with Gasteiger partial charge in [0.25, 0.3) is 17.7 Å². The number of carbonyl (C=O) groups is 6. The number of carbonyl (C=O) groups excluding carboxylic acids is 6. The topological polar surface area (TPSA) is 193 Å². The average molecular weight is 898 g/mol. The summed E-state index contributed by atoms with van der Waals surface area (Å²) in [5, 5.41) is 10.0. The number of nitrogens with two attached hydrogens (primary N) is 1. The lowest BCUT2D eigenvalue weighted by atomic mass is 9.87. The first-order valence-corrected chi connectivity index (χ1v) is 23.7. The smallest absolute Gasteiger partial charge is 0.319 e. The van der Waals surface area contributed by atoms with Crippen molar-refractivity contribution in [3.05, 3.63) is 95.1 Å². The Balaban J connectivity index is 0.000000187. The molecule has 10 rings (SSSR count). The summed E-state index contributed by atoms with van der Waals surface area (Å²) in [6, 6.07) is 21.9. The molecular weight excluding hydrogens is 839 g/mol. The van der Waals surface area contributed by atoms with Crippen LogP contribution in [0.5, 0.6) is 11.5 Å². The molecule has 4 saturated heterocycles. The van der Waals surface area contributed by atoms with E-state index >= 15 is 0 Å². The lowest BCUT2D eigenvalue weighted by molar-refractivity contribution is -0.136. The van der Waals surface area contributed by atoms with Crippen LogP contribution in [0.25, 0.3) is 11.3 Å². The summed E-state index contributed by atoms with van der Waals surface area (Å²) in [4.78, 5) is 82.5. The largest absolute Gasteiger partial charge is 0.457 e. The van der Waals surface area contributed by atoms with E-state index in [1.165, 1.54) is 12.8 Å². The molecule has 3 aromatic carbocycles. The number of amides is 7. The number of nitrogens with one attached hydrogen (secondary N) is 2. The Hall–Kier alpha value is -6.55.